The Labute approximate surface area is 112 Å². The van der Waals surface area contributed by atoms with Gasteiger partial charge in [0.05, 0.1) is 0 Å². The number of amides is 1. The first-order chi connectivity index (χ1) is 8.60. The molecule has 0 spiro atoms. The standard InChI is InChI=1S/C12H20N4OS/c1-9-7-16(10(2)17)5-4-15(9)8-11-6-14-12(13-3)18-11/h6,9H,4-5,7-8H2,1-3H3,(H,13,14). The van der Waals surface area contributed by atoms with Crippen LogP contribution in [0.3, 0.4) is 0 Å². The van der Waals surface area contributed by atoms with Crippen LogP contribution in [-0.2, 0) is 11.3 Å². The summed E-state index contributed by atoms with van der Waals surface area (Å²) in [6.45, 7) is 7.34. The van der Waals surface area contributed by atoms with Gasteiger partial charge >= 0.3 is 0 Å². The Balaban J connectivity index is 1.92. The van der Waals surface area contributed by atoms with E-state index in [1.807, 2.05) is 18.1 Å². The molecule has 6 heteroatoms. The van der Waals surface area contributed by atoms with Crippen LogP contribution in [0, 0.1) is 0 Å². The monoisotopic (exact) mass is 268 g/mol. The summed E-state index contributed by atoms with van der Waals surface area (Å²) in [6.07, 6.45) is 1.93. The first-order valence-electron chi connectivity index (χ1n) is 6.22. The average Bonchev–Trinajstić information content (AvgIpc) is 2.79. The fraction of sp³-hybridized carbons (Fsp3) is 0.667. The number of nitrogens with zero attached hydrogens (tertiary/aromatic N) is 3. The molecule has 0 aliphatic carbocycles. The molecule has 18 heavy (non-hydrogen) atoms. The minimum atomic E-state index is 0.178. The maximum atomic E-state index is 11.3. The Morgan fingerprint density at radius 1 is 1.61 bits per heavy atom. The zero-order chi connectivity index (χ0) is 13.1. The highest BCUT2D eigenvalue weighted by atomic mass is 32.1. The second kappa shape index (κ2) is 5.67. The van der Waals surface area contributed by atoms with Crippen LogP contribution >= 0.6 is 11.3 Å². The molecule has 1 aromatic rings. The molecule has 1 unspecified atom stereocenters. The maximum Gasteiger partial charge on any atom is 0.219 e. The lowest BCUT2D eigenvalue weighted by molar-refractivity contribution is -0.131. The fourth-order valence-corrected chi connectivity index (χ4v) is 3.00. The van der Waals surface area contributed by atoms with Crippen molar-refractivity contribution in [3.05, 3.63) is 11.1 Å². The van der Waals surface area contributed by atoms with Gasteiger partial charge in [0, 0.05) is 57.3 Å². The Morgan fingerprint density at radius 3 is 2.94 bits per heavy atom. The zero-order valence-corrected chi connectivity index (χ0v) is 12.0. The van der Waals surface area contributed by atoms with Gasteiger partial charge in [-0.15, -0.1) is 11.3 Å². The molecule has 0 bridgehead atoms. The third kappa shape index (κ3) is 3.00. The minimum Gasteiger partial charge on any atom is -0.365 e. The van der Waals surface area contributed by atoms with Crippen molar-refractivity contribution in [2.24, 2.45) is 0 Å². The van der Waals surface area contributed by atoms with Crippen LogP contribution in [0.1, 0.15) is 18.7 Å². The Hall–Kier alpha value is -1.14. The van der Waals surface area contributed by atoms with Crippen molar-refractivity contribution in [1.82, 2.24) is 14.8 Å². The number of hydrogen-bond donors (Lipinski definition) is 1. The van der Waals surface area contributed by atoms with E-state index in [0.29, 0.717) is 6.04 Å². The molecule has 0 radical (unpaired) electrons. The van der Waals surface area contributed by atoms with Gasteiger partial charge in [0.15, 0.2) is 5.13 Å². The quantitative estimate of drug-likeness (QED) is 0.896. The molecule has 1 atom stereocenters. The number of rotatable bonds is 3. The van der Waals surface area contributed by atoms with Crippen LogP contribution in [-0.4, -0.2) is 53.4 Å². The predicted octanol–water partition coefficient (Wildman–Crippen LogP) is 1.24. The van der Waals surface area contributed by atoms with Crippen molar-refractivity contribution in [2.75, 3.05) is 32.0 Å². The van der Waals surface area contributed by atoms with Crippen molar-refractivity contribution in [1.29, 1.82) is 0 Å². The molecule has 1 aliphatic rings. The van der Waals surface area contributed by atoms with Crippen LogP contribution in [0.15, 0.2) is 6.20 Å². The number of anilines is 1. The van der Waals surface area contributed by atoms with E-state index in [1.54, 1.807) is 18.3 Å². The lowest BCUT2D eigenvalue weighted by Crippen LogP contribution is -2.52. The summed E-state index contributed by atoms with van der Waals surface area (Å²) in [7, 11) is 1.89. The Bertz CT molecular complexity index is 420. The first kappa shape index (κ1) is 13.3. The van der Waals surface area contributed by atoms with Gasteiger partial charge in [-0.2, -0.15) is 0 Å². The summed E-state index contributed by atoms with van der Waals surface area (Å²) in [5.41, 5.74) is 0. The molecule has 1 fully saturated rings. The highest BCUT2D eigenvalue weighted by molar-refractivity contribution is 7.15. The Kier molecular flexibility index (Phi) is 4.19. The van der Waals surface area contributed by atoms with E-state index < -0.39 is 0 Å². The molecule has 1 saturated heterocycles. The summed E-state index contributed by atoms with van der Waals surface area (Å²) in [6, 6.07) is 0.405. The summed E-state index contributed by atoms with van der Waals surface area (Å²) in [4.78, 5) is 21.2. The molecule has 1 N–H and O–H groups in total. The van der Waals surface area contributed by atoms with Crippen LogP contribution in [0.5, 0.6) is 0 Å². The predicted molar refractivity (Wildman–Crippen MR) is 73.8 cm³/mol. The molecule has 100 valence electrons. The zero-order valence-electron chi connectivity index (χ0n) is 11.1. The van der Waals surface area contributed by atoms with Crippen LogP contribution < -0.4 is 5.32 Å². The van der Waals surface area contributed by atoms with Gasteiger partial charge < -0.3 is 10.2 Å². The highest BCUT2D eigenvalue weighted by Crippen LogP contribution is 2.21. The third-order valence-electron chi connectivity index (χ3n) is 3.34. The number of piperazine rings is 1. The molecule has 1 amide bonds. The molecule has 1 aromatic heterocycles. The van der Waals surface area contributed by atoms with E-state index >= 15 is 0 Å². The van der Waals surface area contributed by atoms with E-state index in [4.69, 9.17) is 0 Å². The van der Waals surface area contributed by atoms with Crippen molar-refractivity contribution in [3.63, 3.8) is 0 Å². The van der Waals surface area contributed by atoms with E-state index in [-0.39, 0.29) is 5.91 Å². The van der Waals surface area contributed by atoms with Gasteiger partial charge in [-0.1, -0.05) is 0 Å². The fourth-order valence-electron chi connectivity index (χ4n) is 2.21. The van der Waals surface area contributed by atoms with E-state index in [9.17, 15) is 4.79 Å². The van der Waals surface area contributed by atoms with Crippen LogP contribution in [0.4, 0.5) is 5.13 Å². The van der Waals surface area contributed by atoms with E-state index in [2.05, 4.69) is 22.1 Å². The number of thiazole rings is 1. The molecule has 0 saturated carbocycles. The lowest BCUT2D eigenvalue weighted by Gasteiger charge is -2.39. The minimum absolute atomic E-state index is 0.178. The van der Waals surface area contributed by atoms with E-state index in [0.717, 1.165) is 31.3 Å². The normalized spacial score (nSPS) is 21.1. The van der Waals surface area contributed by atoms with Gasteiger partial charge in [-0.25, -0.2) is 4.98 Å². The molecule has 0 aromatic carbocycles. The average molecular weight is 268 g/mol. The molecule has 2 heterocycles. The summed E-state index contributed by atoms with van der Waals surface area (Å²) in [5.74, 6) is 0.178. The smallest absolute Gasteiger partial charge is 0.219 e. The van der Waals surface area contributed by atoms with Crippen molar-refractivity contribution in [2.45, 2.75) is 26.4 Å². The number of carbonyl (C=O) groups is 1. The number of carbonyl (C=O) groups excluding carboxylic acids is 1. The summed E-state index contributed by atoms with van der Waals surface area (Å²) >= 11 is 1.69. The van der Waals surface area contributed by atoms with Gasteiger partial charge in [0.25, 0.3) is 0 Å². The first-order valence-corrected chi connectivity index (χ1v) is 7.04. The maximum absolute atomic E-state index is 11.3. The number of hydrogen-bond acceptors (Lipinski definition) is 5. The molecule has 5 nitrogen and oxygen atoms in total. The van der Waals surface area contributed by atoms with E-state index in [1.165, 1.54) is 4.88 Å². The lowest BCUT2D eigenvalue weighted by atomic mass is 10.2. The van der Waals surface area contributed by atoms with Gasteiger partial charge in [-0.05, 0) is 6.92 Å². The third-order valence-corrected chi connectivity index (χ3v) is 4.34. The largest absolute Gasteiger partial charge is 0.365 e. The summed E-state index contributed by atoms with van der Waals surface area (Å²) < 4.78 is 0. The van der Waals surface area contributed by atoms with Crippen LogP contribution in [0.25, 0.3) is 0 Å². The second-order valence-corrected chi connectivity index (χ2v) is 5.78. The molecule has 1 aliphatic heterocycles. The molecular weight excluding hydrogens is 248 g/mol. The summed E-state index contributed by atoms with van der Waals surface area (Å²) in [5, 5.41) is 4.01. The van der Waals surface area contributed by atoms with Crippen LogP contribution in [0.2, 0.25) is 0 Å². The number of nitrogens with one attached hydrogen (secondary N) is 1. The molecular formula is C12H20N4OS. The van der Waals surface area contributed by atoms with Crippen molar-refractivity contribution < 1.29 is 4.79 Å². The number of aromatic nitrogens is 1. The highest BCUT2D eigenvalue weighted by Gasteiger charge is 2.25. The van der Waals surface area contributed by atoms with Crippen molar-refractivity contribution in [3.8, 4) is 0 Å². The van der Waals surface area contributed by atoms with Gasteiger partial charge in [0.1, 0.15) is 0 Å². The topological polar surface area (TPSA) is 48.5 Å². The Morgan fingerprint density at radius 2 is 2.39 bits per heavy atom. The second-order valence-electron chi connectivity index (χ2n) is 4.67. The van der Waals surface area contributed by atoms with Gasteiger partial charge in [-0.3, -0.25) is 9.69 Å². The molecule has 2 rings (SSSR count). The van der Waals surface area contributed by atoms with Gasteiger partial charge in [0.2, 0.25) is 5.91 Å². The SMILES string of the molecule is CNc1ncc(CN2CCN(C(C)=O)CC2C)s1. The van der Waals surface area contributed by atoms with Crippen molar-refractivity contribution >= 4 is 22.4 Å².